The molecule has 1 fully saturated rings. The van der Waals surface area contributed by atoms with E-state index in [1.165, 1.54) is 19.3 Å². The molecule has 180 valence electrons. The van der Waals surface area contributed by atoms with Gasteiger partial charge in [-0.05, 0) is 63.6 Å². The van der Waals surface area contributed by atoms with Gasteiger partial charge in [0.25, 0.3) is 0 Å². The minimum atomic E-state index is -0.870. The lowest BCUT2D eigenvalue weighted by molar-refractivity contribution is -0.125. The number of halogens is 1. The van der Waals surface area contributed by atoms with Crippen LogP contribution in [0.1, 0.15) is 71.3 Å². The van der Waals surface area contributed by atoms with E-state index in [0.29, 0.717) is 23.8 Å². The SMILES string of the molecule is CNC(=O)C(Cc1cccc(Cl)c1)CC(O)[C@H](CC1CCCCC1)NC(=O)OC(C)(C)C. The fraction of sp³-hybridized carbons (Fsp3) is 0.680. The number of alkyl carbamates (subject to hydrolysis) is 1. The minimum Gasteiger partial charge on any atom is -0.444 e. The first-order valence-electron chi connectivity index (χ1n) is 11.7. The van der Waals surface area contributed by atoms with Crippen molar-refractivity contribution in [2.45, 2.75) is 89.9 Å². The first kappa shape index (κ1) is 26.5. The molecule has 0 radical (unpaired) electrons. The molecule has 0 bridgehead atoms. The molecule has 3 N–H and O–H groups in total. The quantitative estimate of drug-likeness (QED) is 0.485. The van der Waals surface area contributed by atoms with Gasteiger partial charge in [-0.3, -0.25) is 4.79 Å². The number of carbonyl (C=O) groups excluding carboxylic acids is 2. The van der Waals surface area contributed by atoms with Crippen LogP contribution in [0.2, 0.25) is 5.02 Å². The van der Waals surface area contributed by atoms with Gasteiger partial charge in [-0.15, -0.1) is 0 Å². The van der Waals surface area contributed by atoms with Crippen LogP contribution >= 0.6 is 11.6 Å². The summed E-state index contributed by atoms with van der Waals surface area (Å²) in [4.78, 5) is 25.1. The van der Waals surface area contributed by atoms with Crippen LogP contribution in [0.15, 0.2) is 24.3 Å². The van der Waals surface area contributed by atoms with E-state index in [2.05, 4.69) is 10.6 Å². The summed E-state index contributed by atoms with van der Waals surface area (Å²) in [6.07, 6.45) is 5.75. The number of hydrogen-bond acceptors (Lipinski definition) is 4. The maximum absolute atomic E-state index is 12.6. The number of carbonyl (C=O) groups is 2. The Morgan fingerprint density at radius 3 is 2.50 bits per heavy atom. The van der Waals surface area contributed by atoms with E-state index in [9.17, 15) is 14.7 Å². The Bertz CT molecular complexity index is 744. The fourth-order valence-corrected chi connectivity index (χ4v) is 4.66. The number of aliphatic hydroxyl groups is 1. The second kappa shape index (κ2) is 12.4. The molecule has 0 aliphatic heterocycles. The molecule has 6 nitrogen and oxygen atoms in total. The highest BCUT2D eigenvalue weighted by molar-refractivity contribution is 6.30. The van der Waals surface area contributed by atoms with E-state index in [1.54, 1.807) is 13.1 Å². The van der Waals surface area contributed by atoms with Crippen LogP contribution < -0.4 is 10.6 Å². The number of benzene rings is 1. The highest BCUT2D eigenvalue weighted by atomic mass is 35.5. The highest BCUT2D eigenvalue weighted by Gasteiger charge is 2.31. The lowest BCUT2D eigenvalue weighted by Crippen LogP contribution is -2.48. The molecule has 32 heavy (non-hydrogen) atoms. The van der Waals surface area contributed by atoms with Gasteiger partial charge >= 0.3 is 6.09 Å². The molecule has 1 aromatic carbocycles. The summed E-state index contributed by atoms with van der Waals surface area (Å²) in [6, 6.07) is 6.93. The topological polar surface area (TPSA) is 87.7 Å². The van der Waals surface area contributed by atoms with E-state index in [4.69, 9.17) is 16.3 Å². The van der Waals surface area contributed by atoms with Gasteiger partial charge in [0.15, 0.2) is 0 Å². The Hall–Kier alpha value is -1.79. The van der Waals surface area contributed by atoms with E-state index in [1.807, 2.05) is 39.0 Å². The summed E-state index contributed by atoms with van der Waals surface area (Å²) in [5.41, 5.74) is 0.309. The lowest BCUT2D eigenvalue weighted by atomic mass is 9.82. The summed E-state index contributed by atoms with van der Waals surface area (Å²) in [5, 5.41) is 17.4. The fourth-order valence-electron chi connectivity index (χ4n) is 4.44. The van der Waals surface area contributed by atoms with Crippen molar-refractivity contribution in [3.63, 3.8) is 0 Å². The Morgan fingerprint density at radius 2 is 1.91 bits per heavy atom. The molecular weight excluding hydrogens is 428 g/mol. The van der Waals surface area contributed by atoms with Crippen LogP contribution in [0.3, 0.4) is 0 Å². The normalized spacial score (nSPS) is 17.8. The van der Waals surface area contributed by atoms with Crippen LogP contribution in [0, 0.1) is 11.8 Å². The Kier molecular flexibility index (Phi) is 10.3. The molecule has 1 aliphatic rings. The zero-order valence-corrected chi connectivity index (χ0v) is 20.6. The standard InChI is InChI=1S/C25H39ClN2O4/c1-25(2,3)32-24(31)28-21(15-17-9-6-5-7-10-17)22(29)16-19(23(30)27-4)13-18-11-8-12-20(26)14-18/h8,11-12,14,17,19,21-22,29H,5-7,9-10,13,15-16H2,1-4H3,(H,27,30)(H,28,31)/t19?,21-,22?/m0/s1. The number of aliphatic hydroxyl groups excluding tert-OH is 1. The van der Waals surface area contributed by atoms with Crippen LogP contribution in [-0.4, -0.2) is 41.9 Å². The summed E-state index contributed by atoms with van der Waals surface area (Å²) in [7, 11) is 1.60. The molecule has 3 atom stereocenters. The van der Waals surface area contributed by atoms with E-state index >= 15 is 0 Å². The first-order chi connectivity index (χ1) is 15.1. The third-order valence-corrected chi connectivity index (χ3v) is 6.23. The summed E-state index contributed by atoms with van der Waals surface area (Å²) in [5.74, 6) is -0.134. The number of amides is 2. The van der Waals surface area contributed by atoms with Gasteiger partial charge in [-0.1, -0.05) is 55.8 Å². The average Bonchev–Trinajstić information content (AvgIpc) is 2.71. The van der Waals surface area contributed by atoms with Crippen molar-refractivity contribution in [2.75, 3.05) is 7.05 Å². The van der Waals surface area contributed by atoms with Crippen LogP contribution in [-0.2, 0) is 16.0 Å². The summed E-state index contributed by atoms with van der Waals surface area (Å²) in [6.45, 7) is 5.43. The van der Waals surface area contributed by atoms with Gasteiger partial charge in [0.05, 0.1) is 12.1 Å². The van der Waals surface area contributed by atoms with Gasteiger partial charge in [0.2, 0.25) is 5.91 Å². The van der Waals surface area contributed by atoms with Crippen LogP contribution in [0.4, 0.5) is 4.79 Å². The third-order valence-electron chi connectivity index (χ3n) is 5.99. The van der Waals surface area contributed by atoms with E-state index in [-0.39, 0.29) is 12.3 Å². The molecule has 0 spiro atoms. The van der Waals surface area contributed by atoms with Crippen LogP contribution in [0.5, 0.6) is 0 Å². The maximum atomic E-state index is 12.6. The number of nitrogens with one attached hydrogen (secondary N) is 2. The predicted octanol–water partition coefficient (Wildman–Crippen LogP) is 4.86. The predicted molar refractivity (Wildman–Crippen MR) is 128 cm³/mol. The van der Waals surface area contributed by atoms with Crippen molar-refractivity contribution >= 4 is 23.6 Å². The lowest BCUT2D eigenvalue weighted by Gasteiger charge is -2.32. The van der Waals surface area contributed by atoms with Crippen molar-refractivity contribution in [2.24, 2.45) is 11.8 Å². The van der Waals surface area contributed by atoms with Gasteiger partial charge in [-0.2, -0.15) is 0 Å². The molecule has 0 saturated heterocycles. The Morgan fingerprint density at radius 1 is 1.22 bits per heavy atom. The number of hydrogen-bond donors (Lipinski definition) is 3. The van der Waals surface area contributed by atoms with Gasteiger partial charge < -0.3 is 20.5 Å². The van der Waals surface area contributed by atoms with Gasteiger partial charge in [-0.25, -0.2) is 4.79 Å². The molecule has 0 heterocycles. The third kappa shape index (κ3) is 9.37. The van der Waals surface area contributed by atoms with Crippen molar-refractivity contribution in [3.8, 4) is 0 Å². The minimum absolute atomic E-state index is 0.141. The summed E-state index contributed by atoms with van der Waals surface area (Å²) >= 11 is 6.11. The molecule has 2 unspecified atom stereocenters. The number of ether oxygens (including phenoxy) is 1. The zero-order valence-electron chi connectivity index (χ0n) is 19.8. The number of rotatable bonds is 9. The summed E-state index contributed by atoms with van der Waals surface area (Å²) < 4.78 is 5.43. The van der Waals surface area contributed by atoms with Crippen molar-refractivity contribution in [1.82, 2.24) is 10.6 Å². The van der Waals surface area contributed by atoms with Gasteiger partial charge in [0.1, 0.15) is 5.60 Å². The molecule has 1 aromatic rings. The van der Waals surface area contributed by atoms with E-state index in [0.717, 1.165) is 18.4 Å². The first-order valence-corrected chi connectivity index (χ1v) is 12.1. The van der Waals surface area contributed by atoms with Crippen molar-refractivity contribution in [3.05, 3.63) is 34.9 Å². The monoisotopic (exact) mass is 466 g/mol. The Balaban J connectivity index is 2.13. The zero-order chi connectivity index (χ0) is 23.7. The van der Waals surface area contributed by atoms with Crippen LogP contribution in [0.25, 0.3) is 0 Å². The maximum Gasteiger partial charge on any atom is 0.407 e. The smallest absolute Gasteiger partial charge is 0.407 e. The van der Waals surface area contributed by atoms with Crippen molar-refractivity contribution in [1.29, 1.82) is 0 Å². The molecule has 7 heteroatoms. The molecule has 0 aromatic heterocycles. The molecule has 2 rings (SSSR count). The van der Waals surface area contributed by atoms with Crippen molar-refractivity contribution < 1.29 is 19.4 Å². The average molecular weight is 467 g/mol. The molecule has 1 saturated carbocycles. The van der Waals surface area contributed by atoms with E-state index < -0.39 is 29.8 Å². The van der Waals surface area contributed by atoms with Gasteiger partial charge in [0, 0.05) is 18.0 Å². The molecule has 2 amide bonds. The largest absolute Gasteiger partial charge is 0.444 e. The molecular formula is C25H39ClN2O4. The second-order valence-corrected chi connectivity index (χ2v) is 10.4. The Labute approximate surface area is 197 Å². The highest BCUT2D eigenvalue weighted by Crippen LogP contribution is 2.29. The second-order valence-electron chi connectivity index (χ2n) is 9.94. The molecule has 1 aliphatic carbocycles.